The molecule has 0 amide bonds. The quantitative estimate of drug-likeness (QED) is 0.879. The van der Waals surface area contributed by atoms with Crippen LogP contribution in [0.15, 0.2) is 30.5 Å². The monoisotopic (exact) mass is 339 g/mol. The maximum Gasteiger partial charge on any atom is 0.168 e. The summed E-state index contributed by atoms with van der Waals surface area (Å²) in [5, 5.41) is 11.5. The zero-order valence-electron chi connectivity index (χ0n) is 13.1. The first-order valence-corrected chi connectivity index (χ1v) is 7.90. The van der Waals surface area contributed by atoms with Crippen molar-refractivity contribution in [2.45, 2.75) is 25.8 Å². The predicted octanol–water partition coefficient (Wildman–Crippen LogP) is 2.79. The van der Waals surface area contributed by atoms with Gasteiger partial charge in [0.2, 0.25) is 0 Å². The Balaban J connectivity index is 0.00000192. The average molecular weight is 340 g/mol. The minimum atomic E-state index is -0.220. The SMILES string of the molecule is Cl.Fc1ccc(Cn2cc(NCCN3CCCCC3)nn2)cc1. The largest absolute Gasteiger partial charge is 0.366 e. The van der Waals surface area contributed by atoms with E-state index in [1.165, 1.54) is 44.5 Å². The van der Waals surface area contributed by atoms with Gasteiger partial charge in [-0.2, -0.15) is 0 Å². The Morgan fingerprint density at radius 1 is 1.09 bits per heavy atom. The fourth-order valence-electron chi connectivity index (χ4n) is 2.76. The Bertz CT molecular complexity index is 580. The summed E-state index contributed by atoms with van der Waals surface area (Å²) < 4.78 is 14.6. The van der Waals surface area contributed by atoms with Crippen molar-refractivity contribution >= 4 is 18.2 Å². The van der Waals surface area contributed by atoms with Gasteiger partial charge in [0.05, 0.1) is 12.7 Å². The number of rotatable bonds is 6. The smallest absolute Gasteiger partial charge is 0.168 e. The van der Waals surface area contributed by atoms with Crippen molar-refractivity contribution in [3.05, 3.63) is 41.8 Å². The van der Waals surface area contributed by atoms with E-state index in [0.717, 1.165) is 24.5 Å². The van der Waals surface area contributed by atoms with E-state index in [1.807, 2.05) is 6.20 Å². The van der Waals surface area contributed by atoms with Crippen molar-refractivity contribution in [2.24, 2.45) is 0 Å². The van der Waals surface area contributed by atoms with Crippen LogP contribution in [-0.2, 0) is 6.54 Å². The highest BCUT2D eigenvalue weighted by Crippen LogP contribution is 2.09. The molecule has 0 spiro atoms. The van der Waals surface area contributed by atoms with E-state index in [9.17, 15) is 4.39 Å². The van der Waals surface area contributed by atoms with Gasteiger partial charge in [-0.05, 0) is 43.6 Å². The maximum absolute atomic E-state index is 12.9. The van der Waals surface area contributed by atoms with E-state index in [2.05, 4.69) is 20.5 Å². The number of nitrogens with one attached hydrogen (secondary N) is 1. The molecule has 1 aliphatic rings. The van der Waals surface area contributed by atoms with Gasteiger partial charge in [-0.3, -0.25) is 0 Å². The Kier molecular flexibility index (Phi) is 6.80. The number of piperidine rings is 1. The van der Waals surface area contributed by atoms with E-state index in [-0.39, 0.29) is 18.2 Å². The molecule has 23 heavy (non-hydrogen) atoms. The lowest BCUT2D eigenvalue weighted by molar-refractivity contribution is 0.237. The third kappa shape index (κ3) is 5.48. The molecular weight excluding hydrogens is 317 g/mol. The predicted molar refractivity (Wildman–Crippen MR) is 91.6 cm³/mol. The summed E-state index contributed by atoms with van der Waals surface area (Å²) in [6.45, 7) is 4.94. The second kappa shape index (κ2) is 8.84. The van der Waals surface area contributed by atoms with E-state index in [4.69, 9.17) is 0 Å². The van der Waals surface area contributed by atoms with Crippen molar-refractivity contribution in [1.82, 2.24) is 19.9 Å². The van der Waals surface area contributed by atoms with Gasteiger partial charge in [0, 0.05) is 13.1 Å². The molecule has 1 N–H and O–H groups in total. The number of hydrogen-bond acceptors (Lipinski definition) is 4. The molecule has 0 bridgehead atoms. The number of benzene rings is 1. The second-order valence-electron chi connectivity index (χ2n) is 5.76. The molecule has 0 unspecified atom stereocenters. The van der Waals surface area contributed by atoms with Crippen LogP contribution in [0.1, 0.15) is 24.8 Å². The van der Waals surface area contributed by atoms with Crippen LogP contribution in [0.2, 0.25) is 0 Å². The molecule has 0 saturated carbocycles. The number of hydrogen-bond donors (Lipinski definition) is 1. The average Bonchev–Trinajstić information content (AvgIpc) is 2.98. The number of halogens is 2. The summed E-state index contributed by atoms with van der Waals surface area (Å²) in [6.07, 6.45) is 5.88. The van der Waals surface area contributed by atoms with Gasteiger partial charge >= 0.3 is 0 Å². The zero-order chi connectivity index (χ0) is 15.2. The van der Waals surface area contributed by atoms with Crippen LogP contribution < -0.4 is 5.32 Å². The highest BCUT2D eigenvalue weighted by atomic mass is 35.5. The Labute approximate surface area is 142 Å². The van der Waals surface area contributed by atoms with Crippen molar-refractivity contribution in [1.29, 1.82) is 0 Å². The lowest BCUT2D eigenvalue weighted by Gasteiger charge is -2.26. The second-order valence-corrected chi connectivity index (χ2v) is 5.76. The Morgan fingerprint density at radius 3 is 2.57 bits per heavy atom. The molecule has 1 aliphatic heterocycles. The number of anilines is 1. The first kappa shape index (κ1) is 17.7. The summed E-state index contributed by atoms with van der Waals surface area (Å²) in [4.78, 5) is 2.49. The van der Waals surface area contributed by atoms with E-state index >= 15 is 0 Å². The van der Waals surface area contributed by atoms with Gasteiger partial charge < -0.3 is 10.2 Å². The molecule has 7 heteroatoms. The van der Waals surface area contributed by atoms with Gasteiger partial charge in [-0.1, -0.05) is 23.8 Å². The standard InChI is InChI=1S/C16H22FN5.ClH/c17-15-6-4-14(5-7-15)12-22-13-16(19-20-22)18-8-11-21-9-2-1-3-10-21;/h4-7,13,18H,1-3,8-12H2;1H. The summed E-state index contributed by atoms with van der Waals surface area (Å²) in [5.74, 6) is 0.571. The van der Waals surface area contributed by atoms with E-state index in [0.29, 0.717) is 6.54 Å². The molecule has 126 valence electrons. The van der Waals surface area contributed by atoms with Gasteiger partial charge in [0.15, 0.2) is 5.82 Å². The third-order valence-electron chi connectivity index (χ3n) is 3.98. The topological polar surface area (TPSA) is 46.0 Å². The molecular formula is C16H23ClFN5. The molecule has 1 aromatic carbocycles. The normalized spacial score (nSPS) is 15.2. The van der Waals surface area contributed by atoms with Crippen molar-refractivity contribution < 1.29 is 4.39 Å². The van der Waals surface area contributed by atoms with Crippen LogP contribution in [0.3, 0.4) is 0 Å². The lowest BCUT2D eigenvalue weighted by atomic mass is 10.1. The highest BCUT2D eigenvalue weighted by Gasteiger charge is 2.09. The van der Waals surface area contributed by atoms with Crippen LogP contribution in [0, 0.1) is 5.82 Å². The molecule has 0 radical (unpaired) electrons. The Hall–Kier alpha value is -1.66. The van der Waals surface area contributed by atoms with Gasteiger partial charge in [-0.25, -0.2) is 9.07 Å². The summed E-state index contributed by atoms with van der Waals surface area (Å²) >= 11 is 0. The first-order valence-electron chi connectivity index (χ1n) is 7.90. The minimum Gasteiger partial charge on any atom is -0.366 e. The summed E-state index contributed by atoms with van der Waals surface area (Å²) in [6, 6.07) is 6.45. The maximum atomic E-state index is 12.9. The Morgan fingerprint density at radius 2 is 1.83 bits per heavy atom. The molecule has 1 fully saturated rings. The molecule has 3 rings (SSSR count). The number of nitrogens with zero attached hydrogens (tertiary/aromatic N) is 4. The van der Waals surface area contributed by atoms with Crippen LogP contribution in [-0.4, -0.2) is 46.1 Å². The molecule has 2 heterocycles. The van der Waals surface area contributed by atoms with Crippen LogP contribution in [0.5, 0.6) is 0 Å². The summed E-state index contributed by atoms with van der Waals surface area (Å²) in [5.41, 5.74) is 1.01. The lowest BCUT2D eigenvalue weighted by Crippen LogP contribution is -2.33. The van der Waals surface area contributed by atoms with Crippen LogP contribution in [0.25, 0.3) is 0 Å². The van der Waals surface area contributed by atoms with E-state index < -0.39 is 0 Å². The molecule has 2 aromatic rings. The third-order valence-corrected chi connectivity index (χ3v) is 3.98. The molecule has 0 aliphatic carbocycles. The number of aromatic nitrogens is 3. The zero-order valence-corrected chi connectivity index (χ0v) is 13.9. The van der Waals surface area contributed by atoms with Gasteiger partial charge in [-0.15, -0.1) is 17.5 Å². The molecule has 0 atom stereocenters. The highest BCUT2D eigenvalue weighted by molar-refractivity contribution is 5.85. The van der Waals surface area contributed by atoms with Gasteiger partial charge in [0.1, 0.15) is 5.82 Å². The summed E-state index contributed by atoms with van der Waals surface area (Å²) in [7, 11) is 0. The van der Waals surface area contributed by atoms with Gasteiger partial charge in [0.25, 0.3) is 0 Å². The first-order chi connectivity index (χ1) is 10.8. The number of likely N-dealkylation sites (tertiary alicyclic amines) is 1. The van der Waals surface area contributed by atoms with Crippen LogP contribution >= 0.6 is 12.4 Å². The van der Waals surface area contributed by atoms with Crippen molar-refractivity contribution in [3.8, 4) is 0 Å². The van der Waals surface area contributed by atoms with E-state index in [1.54, 1.807) is 16.8 Å². The molecule has 5 nitrogen and oxygen atoms in total. The van der Waals surface area contributed by atoms with Crippen LogP contribution in [0.4, 0.5) is 10.2 Å². The minimum absolute atomic E-state index is 0. The fourth-order valence-corrected chi connectivity index (χ4v) is 2.76. The fraction of sp³-hybridized carbons (Fsp3) is 0.500. The molecule has 1 saturated heterocycles. The molecule has 1 aromatic heterocycles. The van der Waals surface area contributed by atoms with Crippen molar-refractivity contribution in [2.75, 3.05) is 31.5 Å². The van der Waals surface area contributed by atoms with Crippen molar-refractivity contribution in [3.63, 3.8) is 0 Å².